The van der Waals surface area contributed by atoms with E-state index < -0.39 is 0 Å². The highest BCUT2D eigenvalue weighted by Gasteiger charge is 2.12. The number of carbonyl (C=O) groups is 1. The molecule has 6 nitrogen and oxygen atoms in total. The standard InChI is InChI=1S/C15H21N5OS/c1-10(2)12-5-7-13(8-6-12)20-15(17-18-19-20)22-9-14(21)16-11(3)4/h5-8,10-11H,9H2,1-4H3,(H,16,21). The Morgan fingerprint density at radius 1 is 1.23 bits per heavy atom. The first-order chi connectivity index (χ1) is 10.5. The van der Waals surface area contributed by atoms with Crippen molar-refractivity contribution >= 4 is 17.7 Å². The molecule has 2 aromatic rings. The molecule has 22 heavy (non-hydrogen) atoms. The van der Waals surface area contributed by atoms with Gasteiger partial charge in [-0.1, -0.05) is 37.7 Å². The van der Waals surface area contributed by atoms with Crippen LogP contribution in [0.5, 0.6) is 0 Å². The predicted molar refractivity (Wildman–Crippen MR) is 87.2 cm³/mol. The van der Waals surface area contributed by atoms with Gasteiger partial charge in [-0.2, -0.15) is 4.68 Å². The number of nitrogens with zero attached hydrogens (tertiary/aromatic N) is 4. The van der Waals surface area contributed by atoms with Crippen LogP contribution in [0.2, 0.25) is 0 Å². The fraction of sp³-hybridized carbons (Fsp3) is 0.467. The van der Waals surface area contributed by atoms with E-state index in [9.17, 15) is 4.79 Å². The van der Waals surface area contributed by atoms with Crippen LogP contribution in [-0.2, 0) is 4.79 Å². The fourth-order valence-corrected chi connectivity index (χ4v) is 2.63. The van der Waals surface area contributed by atoms with Gasteiger partial charge in [-0.05, 0) is 47.9 Å². The van der Waals surface area contributed by atoms with Gasteiger partial charge in [-0.3, -0.25) is 4.79 Å². The number of benzene rings is 1. The maximum Gasteiger partial charge on any atom is 0.230 e. The molecule has 0 saturated carbocycles. The van der Waals surface area contributed by atoms with Gasteiger partial charge in [0.15, 0.2) is 0 Å². The fourth-order valence-electron chi connectivity index (χ4n) is 1.93. The third-order valence-corrected chi connectivity index (χ3v) is 3.95. The van der Waals surface area contributed by atoms with Crippen molar-refractivity contribution in [3.63, 3.8) is 0 Å². The van der Waals surface area contributed by atoms with E-state index in [4.69, 9.17) is 0 Å². The molecule has 0 saturated heterocycles. The van der Waals surface area contributed by atoms with Crippen molar-refractivity contribution in [2.75, 3.05) is 5.75 Å². The molecule has 0 aliphatic rings. The van der Waals surface area contributed by atoms with E-state index >= 15 is 0 Å². The Hall–Kier alpha value is -1.89. The van der Waals surface area contributed by atoms with Crippen LogP contribution in [0.3, 0.4) is 0 Å². The minimum absolute atomic E-state index is 0.0234. The summed E-state index contributed by atoms with van der Waals surface area (Å²) in [4.78, 5) is 11.7. The lowest BCUT2D eigenvalue weighted by atomic mass is 10.0. The molecular formula is C15H21N5OS. The Labute approximate surface area is 134 Å². The number of rotatable bonds is 6. The second-order valence-corrected chi connectivity index (χ2v) is 6.57. The average Bonchev–Trinajstić information content (AvgIpc) is 2.93. The number of nitrogens with one attached hydrogen (secondary N) is 1. The van der Waals surface area contributed by atoms with E-state index in [2.05, 4.69) is 46.8 Å². The van der Waals surface area contributed by atoms with Crippen LogP contribution < -0.4 is 5.32 Å². The summed E-state index contributed by atoms with van der Waals surface area (Å²) in [6, 6.07) is 8.25. The van der Waals surface area contributed by atoms with E-state index in [-0.39, 0.29) is 11.9 Å². The zero-order valence-electron chi connectivity index (χ0n) is 13.3. The lowest BCUT2D eigenvalue weighted by Crippen LogP contribution is -2.31. The molecule has 1 N–H and O–H groups in total. The normalized spacial score (nSPS) is 11.2. The summed E-state index contributed by atoms with van der Waals surface area (Å²) in [6.45, 7) is 8.17. The van der Waals surface area contributed by atoms with E-state index in [0.717, 1.165) is 5.69 Å². The number of hydrogen-bond donors (Lipinski definition) is 1. The molecule has 0 fully saturated rings. The van der Waals surface area contributed by atoms with Crippen molar-refractivity contribution in [3.8, 4) is 5.69 Å². The second-order valence-electron chi connectivity index (χ2n) is 5.63. The first-order valence-corrected chi connectivity index (χ1v) is 8.27. The molecule has 0 spiro atoms. The van der Waals surface area contributed by atoms with Crippen molar-refractivity contribution in [2.45, 2.75) is 44.8 Å². The van der Waals surface area contributed by atoms with Gasteiger partial charge in [-0.25, -0.2) is 0 Å². The molecule has 1 aromatic carbocycles. The minimum Gasteiger partial charge on any atom is -0.353 e. The van der Waals surface area contributed by atoms with Crippen LogP contribution in [0, 0.1) is 0 Å². The predicted octanol–water partition coefficient (Wildman–Crippen LogP) is 2.40. The Morgan fingerprint density at radius 2 is 1.91 bits per heavy atom. The highest BCUT2D eigenvalue weighted by molar-refractivity contribution is 7.99. The highest BCUT2D eigenvalue weighted by atomic mass is 32.2. The van der Waals surface area contributed by atoms with Gasteiger partial charge in [0.2, 0.25) is 11.1 Å². The molecule has 1 amide bonds. The summed E-state index contributed by atoms with van der Waals surface area (Å²) in [7, 11) is 0. The number of tetrazole rings is 1. The van der Waals surface area contributed by atoms with Gasteiger partial charge in [0.05, 0.1) is 11.4 Å². The van der Waals surface area contributed by atoms with E-state index in [0.29, 0.717) is 16.8 Å². The first kappa shape index (κ1) is 16.5. The molecular weight excluding hydrogens is 298 g/mol. The molecule has 0 aliphatic carbocycles. The molecule has 0 radical (unpaired) electrons. The summed E-state index contributed by atoms with van der Waals surface area (Å²) < 4.78 is 1.65. The van der Waals surface area contributed by atoms with Gasteiger partial charge >= 0.3 is 0 Å². The molecule has 0 atom stereocenters. The van der Waals surface area contributed by atoms with Crippen LogP contribution >= 0.6 is 11.8 Å². The Bertz CT molecular complexity index is 621. The van der Waals surface area contributed by atoms with E-state index in [1.165, 1.54) is 17.3 Å². The number of aromatic nitrogens is 4. The van der Waals surface area contributed by atoms with Gasteiger partial charge in [0, 0.05) is 6.04 Å². The molecule has 2 rings (SSSR count). The lowest BCUT2D eigenvalue weighted by Gasteiger charge is -2.09. The number of carbonyl (C=O) groups excluding carboxylic acids is 1. The molecule has 0 aliphatic heterocycles. The largest absolute Gasteiger partial charge is 0.353 e. The van der Waals surface area contributed by atoms with Crippen molar-refractivity contribution in [1.29, 1.82) is 0 Å². The third kappa shape index (κ3) is 4.30. The van der Waals surface area contributed by atoms with E-state index in [1.807, 2.05) is 26.0 Å². The zero-order chi connectivity index (χ0) is 16.1. The van der Waals surface area contributed by atoms with Crippen molar-refractivity contribution in [1.82, 2.24) is 25.5 Å². The van der Waals surface area contributed by atoms with Crippen molar-refractivity contribution < 1.29 is 4.79 Å². The summed E-state index contributed by atoms with van der Waals surface area (Å²) in [6.07, 6.45) is 0. The van der Waals surface area contributed by atoms with Crippen molar-refractivity contribution in [2.24, 2.45) is 0 Å². The van der Waals surface area contributed by atoms with Gasteiger partial charge in [0.25, 0.3) is 0 Å². The van der Waals surface area contributed by atoms with Crippen LogP contribution in [0.25, 0.3) is 5.69 Å². The quantitative estimate of drug-likeness (QED) is 0.828. The second kappa shape index (κ2) is 7.40. The number of hydrogen-bond acceptors (Lipinski definition) is 5. The summed E-state index contributed by atoms with van der Waals surface area (Å²) in [5.74, 6) is 0.754. The van der Waals surface area contributed by atoms with Gasteiger partial charge in [0.1, 0.15) is 0 Å². The minimum atomic E-state index is -0.0234. The lowest BCUT2D eigenvalue weighted by molar-refractivity contribution is -0.119. The van der Waals surface area contributed by atoms with E-state index in [1.54, 1.807) is 4.68 Å². The maximum atomic E-state index is 11.7. The van der Waals surface area contributed by atoms with Crippen LogP contribution in [0.1, 0.15) is 39.2 Å². The molecule has 0 bridgehead atoms. The smallest absolute Gasteiger partial charge is 0.230 e. The monoisotopic (exact) mass is 319 g/mol. The first-order valence-electron chi connectivity index (χ1n) is 7.28. The molecule has 7 heteroatoms. The van der Waals surface area contributed by atoms with Gasteiger partial charge < -0.3 is 5.32 Å². The molecule has 1 heterocycles. The topological polar surface area (TPSA) is 72.7 Å². The molecule has 0 unspecified atom stereocenters. The molecule has 118 valence electrons. The van der Waals surface area contributed by atoms with Crippen LogP contribution in [-0.4, -0.2) is 37.9 Å². The summed E-state index contributed by atoms with van der Waals surface area (Å²) >= 11 is 1.32. The van der Waals surface area contributed by atoms with Gasteiger partial charge in [-0.15, -0.1) is 5.10 Å². The summed E-state index contributed by atoms with van der Waals surface area (Å²) in [5, 5.41) is 15.1. The highest BCUT2D eigenvalue weighted by Crippen LogP contribution is 2.20. The van der Waals surface area contributed by atoms with Crippen molar-refractivity contribution in [3.05, 3.63) is 29.8 Å². The zero-order valence-corrected chi connectivity index (χ0v) is 14.1. The number of thioether (sulfide) groups is 1. The SMILES string of the molecule is CC(C)NC(=O)CSc1nnnn1-c1ccc(C(C)C)cc1. The number of amides is 1. The average molecular weight is 319 g/mol. The third-order valence-electron chi connectivity index (χ3n) is 3.03. The Kier molecular flexibility index (Phi) is 5.54. The van der Waals surface area contributed by atoms with Crippen LogP contribution in [0.4, 0.5) is 0 Å². The maximum absolute atomic E-state index is 11.7. The Balaban J connectivity index is 2.07. The summed E-state index contributed by atoms with van der Waals surface area (Å²) in [5.41, 5.74) is 2.16. The Morgan fingerprint density at radius 3 is 2.50 bits per heavy atom. The molecule has 1 aromatic heterocycles. The van der Waals surface area contributed by atoms with Crippen LogP contribution in [0.15, 0.2) is 29.4 Å².